The van der Waals surface area contributed by atoms with Crippen molar-refractivity contribution in [3.8, 4) is 0 Å². The summed E-state index contributed by atoms with van der Waals surface area (Å²) in [6.45, 7) is 7.94. The number of nitrogens with zero attached hydrogens (tertiary/aromatic N) is 3. The molecule has 20 heavy (non-hydrogen) atoms. The van der Waals surface area contributed by atoms with E-state index in [1.165, 1.54) is 4.68 Å². The van der Waals surface area contributed by atoms with Crippen LogP contribution in [-0.4, -0.2) is 33.5 Å². The van der Waals surface area contributed by atoms with Crippen LogP contribution in [0, 0.1) is 5.92 Å². The van der Waals surface area contributed by atoms with E-state index in [1.54, 1.807) is 20.0 Å². The highest BCUT2D eigenvalue weighted by atomic mass is 16.2. The lowest BCUT2D eigenvalue weighted by Gasteiger charge is -2.13. The zero-order chi connectivity index (χ0) is 15.3. The second-order valence-electron chi connectivity index (χ2n) is 5.68. The third-order valence-electron chi connectivity index (χ3n) is 2.43. The van der Waals surface area contributed by atoms with E-state index in [1.807, 2.05) is 13.8 Å². The molecule has 0 fully saturated rings. The van der Waals surface area contributed by atoms with Crippen LogP contribution in [0.4, 0.5) is 4.79 Å². The second kappa shape index (κ2) is 6.47. The number of carbonyl (C=O) groups is 2. The van der Waals surface area contributed by atoms with Gasteiger partial charge >= 0.3 is 6.03 Å². The van der Waals surface area contributed by atoms with Crippen molar-refractivity contribution in [2.45, 2.75) is 39.8 Å². The molecule has 4 N–H and O–H groups in total. The summed E-state index contributed by atoms with van der Waals surface area (Å²) < 4.78 is 1.34. The largest absolute Gasteiger partial charge is 0.338 e. The molecule has 8 nitrogen and oxygen atoms in total. The first-order chi connectivity index (χ1) is 9.18. The summed E-state index contributed by atoms with van der Waals surface area (Å²) in [4.78, 5) is 23.0. The Hall–Kier alpha value is -1.96. The van der Waals surface area contributed by atoms with E-state index < -0.39 is 17.5 Å². The summed E-state index contributed by atoms with van der Waals surface area (Å²) >= 11 is 0. The van der Waals surface area contributed by atoms with Crippen molar-refractivity contribution >= 4 is 11.9 Å². The molecule has 0 aromatic carbocycles. The molecule has 0 bridgehead atoms. The summed E-state index contributed by atoms with van der Waals surface area (Å²) in [5, 5.41) is 12.5. The molecule has 1 aromatic rings. The maximum atomic E-state index is 11.6. The maximum absolute atomic E-state index is 11.6. The Balaban J connectivity index is 2.46. The second-order valence-corrected chi connectivity index (χ2v) is 5.68. The van der Waals surface area contributed by atoms with Crippen LogP contribution in [0.5, 0.6) is 0 Å². The van der Waals surface area contributed by atoms with Crippen molar-refractivity contribution in [3.05, 3.63) is 11.9 Å². The zero-order valence-electron chi connectivity index (χ0n) is 12.3. The molecule has 0 atom stereocenters. The molecule has 0 unspecified atom stereocenters. The molecule has 0 aliphatic heterocycles. The highest BCUT2D eigenvalue weighted by molar-refractivity contribution is 5.94. The lowest BCUT2D eigenvalue weighted by Crippen LogP contribution is -2.42. The third-order valence-corrected chi connectivity index (χ3v) is 2.43. The average Bonchev–Trinajstić information content (AvgIpc) is 2.74. The van der Waals surface area contributed by atoms with Gasteiger partial charge in [-0.05, 0) is 19.8 Å². The summed E-state index contributed by atoms with van der Waals surface area (Å²) in [7, 11) is 0. The molecule has 0 spiro atoms. The van der Waals surface area contributed by atoms with Crippen molar-refractivity contribution in [1.82, 2.24) is 25.6 Å². The van der Waals surface area contributed by atoms with Gasteiger partial charge in [-0.25, -0.2) is 9.48 Å². The highest BCUT2D eigenvalue weighted by Gasteiger charge is 2.19. The molecule has 0 radical (unpaired) electrons. The van der Waals surface area contributed by atoms with Crippen LogP contribution in [0.2, 0.25) is 0 Å². The molecular weight excluding hydrogens is 260 g/mol. The molecule has 3 amide bonds. The predicted molar refractivity (Wildman–Crippen MR) is 73.6 cm³/mol. The molecule has 1 aromatic heterocycles. The number of imide groups is 1. The number of nitrogens with two attached hydrogens (primary N) is 1. The first-order valence-corrected chi connectivity index (χ1v) is 6.45. The highest BCUT2D eigenvalue weighted by Crippen LogP contribution is 2.12. The molecule has 112 valence electrons. The van der Waals surface area contributed by atoms with Crippen LogP contribution >= 0.6 is 0 Å². The fraction of sp³-hybridized carbons (Fsp3) is 0.667. The maximum Gasteiger partial charge on any atom is 0.321 e. The Kier molecular flexibility index (Phi) is 5.20. The normalized spacial score (nSPS) is 11.5. The monoisotopic (exact) mass is 282 g/mol. The number of hydrogen-bond donors (Lipinski definition) is 3. The Morgan fingerprint density at radius 1 is 1.45 bits per heavy atom. The number of nitrogens with one attached hydrogen (secondary N) is 2. The minimum Gasteiger partial charge on any atom is -0.338 e. The fourth-order valence-electron chi connectivity index (χ4n) is 1.33. The SMILES string of the molecule is CC(C)CNC(=O)NC(=O)Cn1cc(C(C)(C)N)nn1. The summed E-state index contributed by atoms with van der Waals surface area (Å²) in [6.07, 6.45) is 1.59. The van der Waals surface area contributed by atoms with Crippen LogP contribution in [0.15, 0.2) is 6.20 Å². The molecule has 0 saturated carbocycles. The van der Waals surface area contributed by atoms with E-state index in [9.17, 15) is 9.59 Å². The minimum atomic E-state index is -0.622. The lowest BCUT2D eigenvalue weighted by molar-refractivity contribution is -0.120. The Labute approximate surface area is 118 Å². The molecular formula is C12H22N6O2. The first kappa shape index (κ1) is 16.1. The fourth-order valence-corrected chi connectivity index (χ4v) is 1.33. The Bertz CT molecular complexity index is 475. The molecule has 1 heterocycles. The van der Waals surface area contributed by atoms with Gasteiger partial charge < -0.3 is 11.1 Å². The Morgan fingerprint density at radius 3 is 2.60 bits per heavy atom. The van der Waals surface area contributed by atoms with Crippen molar-refractivity contribution in [2.75, 3.05) is 6.54 Å². The zero-order valence-corrected chi connectivity index (χ0v) is 12.3. The van der Waals surface area contributed by atoms with Gasteiger partial charge in [0.1, 0.15) is 12.2 Å². The minimum absolute atomic E-state index is 0.0851. The standard InChI is InChI=1S/C12H22N6O2/c1-8(2)5-14-11(20)15-10(19)7-18-6-9(16-17-18)12(3,4)13/h6,8H,5,7,13H2,1-4H3,(H2,14,15,19,20). The van der Waals surface area contributed by atoms with E-state index in [2.05, 4.69) is 20.9 Å². The quantitative estimate of drug-likeness (QED) is 0.700. The Morgan fingerprint density at radius 2 is 2.10 bits per heavy atom. The van der Waals surface area contributed by atoms with Gasteiger partial charge in [-0.2, -0.15) is 0 Å². The molecule has 8 heteroatoms. The number of carbonyl (C=O) groups excluding carboxylic acids is 2. The van der Waals surface area contributed by atoms with E-state index in [4.69, 9.17) is 5.73 Å². The van der Waals surface area contributed by atoms with Gasteiger partial charge in [0.15, 0.2) is 0 Å². The summed E-state index contributed by atoms with van der Waals surface area (Å²) in [6, 6.07) is -0.511. The van der Waals surface area contributed by atoms with Gasteiger partial charge in [0.05, 0.1) is 11.7 Å². The molecule has 0 aliphatic rings. The van der Waals surface area contributed by atoms with E-state index in [0.717, 1.165) is 0 Å². The van der Waals surface area contributed by atoms with Crippen molar-refractivity contribution in [2.24, 2.45) is 11.7 Å². The van der Waals surface area contributed by atoms with E-state index in [-0.39, 0.29) is 6.54 Å². The summed E-state index contributed by atoms with van der Waals surface area (Å²) in [5.41, 5.74) is 5.83. The number of amides is 3. The van der Waals surface area contributed by atoms with Gasteiger partial charge in [0.2, 0.25) is 5.91 Å². The number of rotatable bonds is 5. The molecule has 0 saturated heterocycles. The van der Waals surface area contributed by atoms with Gasteiger partial charge in [0.25, 0.3) is 0 Å². The van der Waals surface area contributed by atoms with Crippen LogP contribution in [-0.2, 0) is 16.9 Å². The van der Waals surface area contributed by atoms with Crippen LogP contribution in [0.3, 0.4) is 0 Å². The van der Waals surface area contributed by atoms with Gasteiger partial charge in [-0.1, -0.05) is 19.1 Å². The predicted octanol–water partition coefficient (Wildman–Crippen LogP) is -0.0463. The third kappa shape index (κ3) is 5.35. The number of hydrogen-bond acceptors (Lipinski definition) is 5. The topological polar surface area (TPSA) is 115 Å². The van der Waals surface area contributed by atoms with Gasteiger partial charge in [-0.15, -0.1) is 5.10 Å². The van der Waals surface area contributed by atoms with Crippen LogP contribution in [0.25, 0.3) is 0 Å². The van der Waals surface area contributed by atoms with E-state index in [0.29, 0.717) is 18.2 Å². The van der Waals surface area contributed by atoms with E-state index >= 15 is 0 Å². The first-order valence-electron chi connectivity index (χ1n) is 6.45. The number of urea groups is 1. The van der Waals surface area contributed by atoms with Crippen LogP contribution < -0.4 is 16.4 Å². The smallest absolute Gasteiger partial charge is 0.321 e. The lowest BCUT2D eigenvalue weighted by atomic mass is 10.0. The molecule has 0 aliphatic carbocycles. The van der Waals surface area contributed by atoms with Gasteiger partial charge in [-0.3, -0.25) is 10.1 Å². The average molecular weight is 282 g/mol. The van der Waals surface area contributed by atoms with Crippen molar-refractivity contribution < 1.29 is 9.59 Å². The number of aromatic nitrogens is 3. The molecule has 1 rings (SSSR count). The summed E-state index contributed by atoms with van der Waals surface area (Å²) in [5.74, 6) is -0.141. The van der Waals surface area contributed by atoms with Gasteiger partial charge in [0, 0.05) is 6.54 Å². The van der Waals surface area contributed by atoms with Crippen LogP contribution in [0.1, 0.15) is 33.4 Å². The van der Waals surface area contributed by atoms with Crippen molar-refractivity contribution in [1.29, 1.82) is 0 Å². The van der Waals surface area contributed by atoms with Crippen molar-refractivity contribution in [3.63, 3.8) is 0 Å².